The van der Waals surface area contributed by atoms with Crippen molar-refractivity contribution in [3.05, 3.63) is 35.4 Å². The average molecular weight is 219 g/mol. The quantitative estimate of drug-likeness (QED) is 0.515. The first-order chi connectivity index (χ1) is 7.63. The van der Waals surface area contributed by atoms with Crippen LogP contribution in [0.15, 0.2) is 24.3 Å². The lowest BCUT2D eigenvalue weighted by atomic mass is 10.1. The summed E-state index contributed by atoms with van der Waals surface area (Å²) in [6.07, 6.45) is 2.12. The lowest BCUT2D eigenvalue weighted by Gasteiger charge is -2.04. The Hall–Kier alpha value is -1.84. The third-order valence-electron chi connectivity index (χ3n) is 2.19. The summed E-state index contributed by atoms with van der Waals surface area (Å²) < 4.78 is 0. The summed E-state index contributed by atoms with van der Waals surface area (Å²) >= 11 is 0. The Bertz CT molecular complexity index is 370. The molecule has 0 unspecified atom stereocenters. The van der Waals surface area contributed by atoms with Gasteiger partial charge in [0.1, 0.15) is 5.84 Å². The number of hydrogen-bond acceptors (Lipinski definition) is 2. The number of benzene rings is 1. The standard InChI is InChI=1S/C12H17N3O/c1-2-3-9-4-6-10(7-5-9)12(16)15-8-11(13)14/h4-7H,2-3,8H2,1H3,(H3,13,14)(H,15,16). The highest BCUT2D eigenvalue weighted by atomic mass is 16.1. The van der Waals surface area contributed by atoms with E-state index in [2.05, 4.69) is 12.2 Å². The molecule has 0 aliphatic carbocycles. The predicted octanol–water partition coefficient (Wildman–Crippen LogP) is 1.30. The van der Waals surface area contributed by atoms with E-state index in [0.717, 1.165) is 12.8 Å². The maximum absolute atomic E-state index is 11.6. The molecule has 0 spiro atoms. The van der Waals surface area contributed by atoms with E-state index in [-0.39, 0.29) is 18.3 Å². The molecule has 0 heterocycles. The van der Waals surface area contributed by atoms with E-state index in [0.29, 0.717) is 5.56 Å². The van der Waals surface area contributed by atoms with Crippen molar-refractivity contribution in [2.75, 3.05) is 6.54 Å². The van der Waals surface area contributed by atoms with Crippen molar-refractivity contribution < 1.29 is 4.79 Å². The molecule has 4 nitrogen and oxygen atoms in total. The van der Waals surface area contributed by atoms with E-state index < -0.39 is 0 Å². The van der Waals surface area contributed by atoms with Gasteiger partial charge in [-0.25, -0.2) is 0 Å². The molecular formula is C12H17N3O. The second-order valence-corrected chi connectivity index (χ2v) is 3.65. The molecule has 4 N–H and O–H groups in total. The number of amidine groups is 1. The number of carbonyl (C=O) groups excluding carboxylic acids is 1. The summed E-state index contributed by atoms with van der Waals surface area (Å²) in [5.74, 6) is -0.241. The van der Waals surface area contributed by atoms with Crippen LogP contribution in [0.4, 0.5) is 0 Å². The van der Waals surface area contributed by atoms with Gasteiger partial charge in [-0.05, 0) is 24.1 Å². The summed E-state index contributed by atoms with van der Waals surface area (Å²) in [6, 6.07) is 7.49. The average Bonchev–Trinajstić information content (AvgIpc) is 2.27. The molecule has 0 saturated heterocycles. The van der Waals surface area contributed by atoms with Crippen LogP contribution in [0.1, 0.15) is 29.3 Å². The van der Waals surface area contributed by atoms with Crippen LogP contribution in [0, 0.1) is 5.41 Å². The van der Waals surface area contributed by atoms with Gasteiger partial charge in [0.25, 0.3) is 5.91 Å². The van der Waals surface area contributed by atoms with Crippen LogP contribution in [-0.4, -0.2) is 18.3 Å². The number of hydrogen-bond donors (Lipinski definition) is 3. The fraction of sp³-hybridized carbons (Fsp3) is 0.333. The number of amides is 1. The van der Waals surface area contributed by atoms with Gasteiger partial charge >= 0.3 is 0 Å². The van der Waals surface area contributed by atoms with Gasteiger partial charge in [0, 0.05) is 5.56 Å². The Morgan fingerprint density at radius 3 is 2.50 bits per heavy atom. The lowest BCUT2D eigenvalue weighted by molar-refractivity contribution is 0.0959. The highest BCUT2D eigenvalue weighted by molar-refractivity contribution is 5.96. The molecule has 1 aromatic rings. The van der Waals surface area contributed by atoms with Gasteiger partial charge in [0.15, 0.2) is 0 Å². The largest absolute Gasteiger partial charge is 0.386 e. The topological polar surface area (TPSA) is 79.0 Å². The Morgan fingerprint density at radius 1 is 1.38 bits per heavy atom. The molecule has 86 valence electrons. The minimum absolute atomic E-state index is 0.0454. The van der Waals surface area contributed by atoms with Gasteiger partial charge in [0.05, 0.1) is 6.54 Å². The molecule has 0 atom stereocenters. The minimum atomic E-state index is -0.196. The van der Waals surface area contributed by atoms with Crippen molar-refractivity contribution in [2.45, 2.75) is 19.8 Å². The smallest absolute Gasteiger partial charge is 0.251 e. The van der Waals surface area contributed by atoms with Crippen molar-refractivity contribution in [1.29, 1.82) is 5.41 Å². The number of carbonyl (C=O) groups is 1. The first-order valence-corrected chi connectivity index (χ1v) is 5.33. The minimum Gasteiger partial charge on any atom is -0.386 e. The van der Waals surface area contributed by atoms with E-state index in [4.69, 9.17) is 11.1 Å². The first-order valence-electron chi connectivity index (χ1n) is 5.33. The fourth-order valence-electron chi connectivity index (χ4n) is 1.39. The van der Waals surface area contributed by atoms with Gasteiger partial charge in [-0.1, -0.05) is 25.5 Å². The molecule has 0 saturated carbocycles. The molecule has 0 bridgehead atoms. The van der Waals surface area contributed by atoms with Crippen LogP contribution in [0.25, 0.3) is 0 Å². The van der Waals surface area contributed by atoms with Crippen molar-refractivity contribution >= 4 is 11.7 Å². The van der Waals surface area contributed by atoms with Crippen LogP contribution < -0.4 is 11.1 Å². The molecule has 1 rings (SSSR count). The number of nitrogens with one attached hydrogen (secondary N) is 2. The van der Waals surface area contributed by atoms with Gasteiger partial charge in [-0.15, -0.1) is 0 Å². The van der Waals surface area contributed by atoms with Crippen LogP contribution in [0.2, 0.25) is 0 Å². The zero-order chi connectivity index (χ0) is 12.0. The summed E-state index contributed by atoms with van der Waals surface area (Å²) in [6.45, 7) is 2.21. The van der Waals surface area contributed by atoms with Crippen LogP contribution in [0.3, 0.4) is 0 Å². The molecule has 0 aliphatic rings. The van der Waals surface area contributed by atoms with Crippen molar-refractivity contribution in [2.24, 2.45) is 5.73 Å². The molecule has 4 heteroatoms. The SMILES string of the molecule is CCCc1ccc(C(=O)NCC(=N)N)cc1. The molecule has 1 aromatic carbocycles. The fourth-order valence-corrected chi connectivity index (χ4v) is 1.39. The van der Waals surface area contributed by atoms with Crippen LogP contribution in [0.5, 0.6) is 0 Å². The van der Waals surface area contributed by atoms with Gasteiger partial charge in [-0.3, -0.25) is 10.2 Å². The Balaban J connectivity index is 2.59. The second-order valence-electron chi connectivity index (χ2n) is 3.65. The van der Waals surface area contributed by atoms with Crippen molar-refractivity contribution in [1.82, 2.24) is 5.32 Å². The maximum Gasteiger partial charge on any atom is 0.251 e. The number of nitrogens with two attached hydrogens (primary N) is 1. The Labute approximate surface area is 95.4 Å². The molecule has 16 heavy (non-hydrogen) atoms. The third kappa shape index (κ3) is 3.73. The summed E-state index contributed by atoms with van der Waals surface area (Å²) in [4.78, 5) is 11.6. The zero-order valence-electron chi connectivity index (χ0n) is 9.42. The highest BCUT2D eigenvalue weighted by Crippen LogP contribution is 2.06. The highest BCUT2D eigenvalue weighted by Gasteiger charge is 2.04. The Morgan fingerprint density at radius 2 is 2.00 bits per heavy atom. The van der Waals surface area contributed by atoms with E-state index in [1.807, 2.05) is 12.1 Å². The molecule has 0 aromatic heterocycles. The first kappa shape index (κ1) is 12.2. The molecule has 1 amide bonds. The van der Waals surface area contributed by atoms with Gasteiger partial charge in [0.2, 0.25) is 0 Å². The molecule has 0 aliphatic heterocycles. The van der Waals surface area contributed by atoms with Gasteiger partial charge < -0.3 is 11.1 Å². The molecule has 0 radical (unpaired) electrons. The molecular weight excluding hydrogens is 202 g/mol. The van der Waals surface area contributed by atoms with Gasteiger partial charge in [-0.2, -0.15) is 0 Å². The van der Waals surface area contributed by atoms with Crippen molar-refractivity contribution in [3.8, 4) is 0 Å². The zero-order valence-corrected chi connectivity index (χ0v) is 9.42. The lowest BCUT2D eigenvalue weighted by Crippen LogP contribution is -2.32. The molecule has 0 fully saturated rings. The van der Waals surface area contributed by atoms with Crippen LogP contribution >= 0.6 is 0 Å². The van der Waals surface area contributed by atoms with Crippen LogP contribution in [-0.2, 0) is 6.42 Å². The summed E-state index contributed by atoms with van der Waals surface area (Å²) in [5, 5.41) is 9.56. The predicted molar refractivity (Wildman–Crippen MR) is 64.7 cm³/mol. The van der Waals surface area contributed by atoms with Crippen molar-refractivity contribution in [3.63, 3.8) is 0 Å². The normalized spacial score (nSPS) is 9.81. The second kappa shape index (κ2) is 5.90. The van der Waals surface area contributed by atoms with E-state index in [1.54, 1.807) is 12.1 Å². The third-order valence-corrected chi connectivity index (χ3v) is 2.19. The summed E-state index contributed by atoms with van der Waals surface area (Å²) in [7, 11) is 0. The van der Waals surface area contributed by atoms with E-state index >= 15 is 0 Å². The monoisotopic (exact) mass is 219 g/mol. The maximum atomic E-state index is 11.6. The number of aryl methyl sites for hydroxylation is 1. The summed E-state index contributed by atoms with van der Waals surface area (Å²) in [5.41, 5.74) is 6.98. The Kier molecular flexibility index (Phi) is 4.51. The number of rotatable bonds is 5. The van der Waals surface area contributed by atoms with E-state index in [1.165, 1.54) is 5.56 Å². The van der Waals surface area contributed by atoms with E-state index in [9.17, 15) is 4.79 Å².